The van der Waals surface area contributed by atoms with Crippen LogP contribution in [0.3, 0.4) is 0 Å². The Morgan fingerprint density at radius 3 is 2.47 bits per heavy atom. The van der Waals surface area contributed by atoms with Crippen LogP contribution in [-0.2, 0) is 16.0 Å². The molecule has 49 heavy (non-hydrogen) atoms. The molecule has 0 unspecified atom stereocenters. The van der Waals surface area contributed by atoms with Crippen LogP contribution < -0.4 is 15.5 Å². The fourth-order valence-corrected chi connectivity index (χ4v) is 5.76. The molecule has 0 atom stereocenters. The molecule has 1 aliphatic rings. The SMILES string of the molecule is CCCCCCNC(=O)OC(C)(C)C.CSc1cc(C(=O)NCc2cc3nc(-c4cccc(N5CCOCC5)n4)ccc3cn2)ccc1C. The number of amides is 2. The van der Waals surface area contributed by atoms with Crippen LogP contribution in [0, 0.1) is 6.92 Å². The van der Waals surface area contributed by atoms with Gasteiger partial charge in [-0.25, -0.2) is 14.8 Å². The van der Waals surface area contributed by atoms with Gasteiger partial charge in [-0.05, 0) is 88.4 Å². The molecule has 4 aromatic rings. The molecular weight excluding hydrogens is 637 g/mol. The number of unbranched alkanes of at least 4 members (excludes halogenated alkanes) is 3. The van der Waals surface area contributed by atoms with Crippen LogP contribution in [0.15, 0.2) is 65.7 Å². The van der Waals surface area contributed by atoms with Crippen molar-refractivity contribution in [2.45, 2.75) is 77.3 Å². The Hall–Kier alpha value is -4.22. The number of benzene rings is 1. The van der Waals surface area contributed by atoms with Gasteiger partial charge in [0.25, 0.3) is 5.91 Å². The summed E-state index contributed by atoms with van der Waals surface area (Å²) in [5, 5.41) is 6.65. The Morgan fingerprint density at radius 1 is 0.959 bits per heavy atom. The summed E-state index contributed by atoms with van der Waals surface area (Å²) in [6, 6.07) is 17.7. The number of carbonyl (C=O) groups is 2. The van der Waals surface area contributed by atoms with E-state index in [1.165, 1.54) is 19.3 Å². The molecule has 11 heteroatoms. The van der Waals surface area contributed by atoms with Gasteiger partial charge in [0.05, 0.1) is 42.4 Å². The minimum Gasteiger partial charge on any atom is -0.444 e. The molecule has 0 bridgehead atoms. The standard InChI is InChI=1S/C27H27N5O2S.C11H23NO2/c1-18-6-7-19(14-25(18)35-2)27(33)29-17-21-15-24-20(16-28-21)8-9-23(30-24)22-4-3-5-26(31-22)32-10-12-34-13-11-32;1-5-6-7-8-9-12-10(13)14-11(2,3)4/h3-9,14-16H,10-13,17H2,1-2H3,(H,29,33);5-9H2,1-4H3,(H,12,13). The zero-order chi connectivity index (χ0) is 35.2. The summed E-state index contributed by atoms with van der Waals surface area (Å²) in [4.78, 5) is 41.4. The van der Waals surface area contributed by atoms with E-state index < -0.39 is 5.60 Å². The molecule has 0 aliphatic carbocycles. The number of hydrogen-bond donors (Lipinski definition) is 2. The maximum atomic E-state index is 12.7. The van der Waals surface area contributed by atoms with E-state index >= 15 is 0 Å². The minimum absolute atomic E-state index is 0.118. The van der Waals surface area contributed by atoms with Gasteiger partial charge in [-0.3, -0.25) is 9.78 Å². The molecule has 2 N–H and O–H groups in total. The van der Waals surface area contributed by atoms with Crippen molar-refractivity contribution >= 4 is 40.5 Å². The molecular formula is C38H50N6O4S. The zero-order valence-electron chi connectivity index (χ0n) is 29.7. The largest absolute Gasteiger partial charge is 0.444 e. The summed E-state index contributed by atoms with van der Waals surface area (Å²) in [5.74, 6) is 0.819. The van der Waals surface area contributed by atoms with E-state index in [9.17, 15) is 9.59 Å². The normalized spacial score (nSPS) is 13.0. The molecule has 3 aromatic heterocycles. The molecule has 0 saturated carbocycles. The number of aromatic nitrogens is 3. The Labute approximate surface area is 294 Å². The molecule has 4 heterocycles. The van der Waals surface area contributed by atoms with Crippen molar-refractivity contribution in [3.8, 4) is 11.4 Å². The van der Waals surface area contributed by atoms with Gasteiger partial charge in [0.2, 0.25) is 0 Å². The lowest BCUT2D eigenvalue weighted by atomic mass is 10.1. The topological polar surface area (TPSA) is 119 Å². The predicted octanol–water partition coefficient (Wildman–Crippen LogP) is 7.58. The summed E-state index contributed by atoms with van der Waals surface area (Å²) in [6.07, 6.45) is 8.15. The average molecular weight is 687 g/mol. The quantitative estimate of drug-likeness (QED) is 0.122. The van der Waals surface area contributed by atoms with Gasteiger partial charge in [-0.2, -0.15) is 0 Å². The van der Waals surface area contributed by atoms with E-state index in [4.69, 9.17) is 19.4 Å². The van der Waals surface area contributed by atoms with E-state index in [0.717, 1.165) is 83.5 Å². The number of ether oxygens (including phenoxy) is 2. The summed E-state index contributed by atoms with van der Waals surface area (Å²) in [7, 11) is 0. The number of fused-ring (bicyclic) bond motifs is 1. The molecule has 0 radical (unpaired) electrons. The smallest absolute Gasteiger partial charge is 0.407 e. The van der Waals surface area contributed by atoms with Gasteiger partial charge >= 0.3 is 6.09 Å². The summed E-state index contributed by atoms with van der Waals surface area (Å²) in [5.41, 5.74) is 4.62. The second-order valence-electron chi connectivity index (χ2n) is 12.9. The molecule has 1 aliphatic heterocycles. The highest BCUT2D eigenvalue weighted by Crippen LogP contribution is 2.24. The Morgan fingerprint density at radius 2 is 1.73 bits per heavy atom. The van der Waals surface area contributed by atoms with Crippen molar-refractivity contribution in [3.63, 3.8) is 0 Å². The number of nitrogens with zero attached hydrogens (tertiary/aromatic N) is 4. The van der Waals surface area contributed by atoms with E-state index in [0.29, 0.717) is 12.1 Å². The lowest BCUT2D eigenvalue weighted by Crippen LogP contribution is -2.36. The lowest BCUT2D eigenvalue weighted by Gasteiger charge is -2.28. The van der Waals surface area contributed by atoms with Crippen molar-refractivity contribution in [2.24, 2.45) is 0 Å². The van der Waals surface area contributed by atoms with Crippen molar-refractivity contribution < 1.29 is 19.1 Å². The third-order valence-electron chi connectivity index (χ3n) is 7.76. The van der Waals surface area contributed by atoms with Crippen LogP contribution >= 0.6 is 11.8 Å². The van der Waals surface area contributed by atoms with Crippen LogP contribution in [0.25, 0.3) is 22.3 Å². The fraction of sp³-hybridized carbons (Fsp3) is 0.447. The third-order valence-corrected chi connectivity index (χ3v) is 8.64. The lowest BCUT2D eigenvalue weighted by molar-refractivity contribution is 0.0526. The van der Waals surface area contributed by atoms with Gasteiger partial charge in [0.1, 0.15) is 11.4 Å². The first-order valence-corrected chi connectivity index (χ1v) is 18.2. The highest BCUT2D eigenvalue weighted by molar-refractivity contribution is 7.98. The van der Waals surface area contributed by atoms with E-state index in [1.807, 2.05) is 88.5 Å². The van der Waals surface area contributed by atoms with Crippen molar-refractivity contribution in [1.82, 2.24) is 25.6 Å². The Bertz CT molecular complexity index is 1690. The first kappa shape index (κ1) is 37.6. The number of anilines is 1. The molecule has 2 amide bonds. The predicted molar refractivity (Wildman–Crippen MR) is 198 cm³/mol. The first-order chi connectivity index (χ1) is 23.6. The van der Waals surface area contributed by atoms with Gasteiger partial charge in [0, 0.05) is 41.7 Å². The minimum atomic E-state index is -0.395. The third kappa shape index (κ3) is 12.0. The number of nitrogens with one attached hydrogen (secondary N) is 2. The monoisotopic (exact) mass is 686 g/mol. The fourth-order valence-electron chi connectivity index (χ4n) is 5.12. The number of pyridine rings is 3. The van der Waals surface area contributed by atoms with Gasteiger partial charge in [-0.15, -0.1) is 11.8 Å². The molecule has 1 saturated heterocycles. The molecule has 262 valence electrons. The van der Waals surface area contributed by atoms with Crippen LogP contribution in [0.2, 0.25) is 0 Å². The van der Waals surface area contributed by atoms with Crippen molar-refractivity contribution in [2.75, 3.05) is 44.0 Å². The number of alkyl carbamates (subject to hydrolysis) is 1. The number of morpholine rings is 1. The van der Waals surface area contributed by atoms with Gasteiger partial charge in [0.15, 0.2) is 0 Å². The Balaban J connectivity index is 0.000000328. The Kier molecular flexibility index (Phi) is 14.2. The summed E-state index contributed by atoms with van der Waals surface area (Å²) < 4.78 is 10.5. The van der Waals surface area contributed by atoms with Crippen LogP contribution in [0.4, 0.5) is 10.6 Å². The maximum Gasteiger partial charge on any atom is 0.407 e. The van der Waals surface area contributed by atoms with E-state index in [1.54, 1.807) is 18.0 Å². The number of aryl methyl sites for hydroxylation is 1. The second-order valence-corrected chi connectivity index (χ2v) is 13.7. The van der Waals surface area contributed by atoms with E-state index in [-0.39, 0.29) is 12.0 Å². The van der Waals surface area contributed by atoms with Gasteiger partial charge in [-0.1, -0.05) is 38.3 Å². The van der Waals surface area contributed by atoms with Crippen LogP contribution in [0.1, 0.15) is 75.0 Å². The summed E-state index contributed by atoms with van der Waals surface area (Å²) in [6.45, 7) is 14.0. The van der Waals surface area contributed by atoms with Gasteiger partial charge < -0.3 is 25.0 Å². The molecule has 1 fully saturated rings. The maximum absolute atomic E-state index is 12.7. The first-order valence-electron chi connectivity index (χ1n) is 17.0. The molecule has 5 rings (SSSR count). The number of carbonyl (C=O) groups excluding carboxylic acids is 2. The molecule has 0 spiro atoms. The average Bonchev–Trinajstić information content (AvgIpc) is 3.10. The molecule has 10 nitrogen and oxygen atoms in total. The second kappa shape index (κ2) is 18.5. The van der Waals surface area contributed by atoms with Crippen molar-refractivity contribution in [1.29, 1.82) is 0 Å². The number of rotatable bonds is 11. The highest BCUT2D eigenvalue weighted by atomic mass is 32.2. The van der Waals surface area contributed by atoms with E-state index in [2.05, 4.69) is 27.4 Å². The van der Waals surface area contributed by atoms with Crippen molar-refractivity contribution in [3.05, 3.63) is 77.6 Å². The molecule has 1 aromatic carbocycles. The number of hydrogen-bond acceptors (Lipinski definition) is 9. The van der Waals surface area contributed by atoms with Crippen LogP contribution in [-0.4, -0.2) is 71.7 Å². The number of thioether (sulfide) groups is 1. The zero-order valence-corrected chi connectivity index (χ0v) is 30.5. The van der Waals surface area contributed by atoms with Crippen LogP contribution in [0.5, 0.6) is 0 Å². The highest BCUT2D eigenvalue weighted by Gasteiger charge is 2.16. The summed E-state index contributed by atoms with van der Waals surface area (Å²) >= 11 is 1.64.